The van der Waals surface area contributed by atoms with Gasteiger partial charge in [-0.1, -0.05) is 32.1 Å². The van der Waals surface area contributed by atoms with E-state index in [0.29, 0.717) is 23.1 Å². The number of aryl methyl sites for hydroxylation is 1. The number of hydrogen-bond acceptors (Lipinski definition) is 6. The average Bonchev–Trinajstić information content (AvgIpc) is 3.07. The second-order valence-corrected chi connectivity index (χ2v) is 7.06. The van der Waals surface area contributed by atoms with Crippen LogP contribution >= 0.6 is 11.3 Å². The third-order valence-electron chi connectivity index (χ3n) is 3.66. The number of benzene rings is 1. The second kappa shape index (κ2) is 9.28. The quantitative estimate of drug-likeness (QED) is 0.739. The molecule has 0 saturated carbocycles. The Balaban J connectivity index is 2.04. The fourth-order valence-corrected chi connectivity index (χ4v) is 2.94. The molecule has 0 radical (unpaired) electrons. The molecule has 1 atom stereocenters. The van der Waals surface area contributed by atoms with E-state index in [9.17, 15) is 9.59 Å². The molecule has 1 aromatic carbocycles. The van der Waals surface area contributed by atoms with Gasteiger partial charge >= 0.3 is 0 Å². The molecule has 1 heterocycles. The van der Waals surface area contributed by atoms with E-state index in [0.717, 1.165) is 11.4 Å². The molecule has 0 saturated heterocycles. The number of anilines is 1. The molecule has 1 aromatic heterocycles. The highest BCUT2D eigenvalue weighted by atomic mass is 32.1. The monoisotopic (exact) mass is 376 g/mol. The number of ether oxygens (including phenoxy) is 1. The number of rotatable bonds is 8. The SMILES string of the molecule is CCOc1ccc(C(=O)N[C@H](C(=O)Nc2nnc(CC)s2)C(C)C)cc1. The fraction of sp³-hybridized carbons (Fsp3) is 0.444. The van der Waals surface area contributed by atoms with Gasteiger partial charge in [0.25, 0.3) is 5.91 Å². The molecule has 26 heavy (non-hydrogen) atoms. The van der Waals surface area contributed by atoms with Crippen LogP contribution in [0.2, 0.25) is 0 Å². The molecule has 0 spiro atoms. The zero-order valence-corrected chi connectivity index (χ0v) is 16.2. The average molecular weight is 376 g/mol. The smallest absolute Gasteiger partial charge is 0.251 e. The number of nitrogens with one attached hydrogen (secondary N) is 2. The predicted octanol–water partition coefficient (Wildman–Crippen LogP) is 2.89. The Morgan fingerprint density at radius 2 is 1.85 bits per heavy atom. The minimum absolute atomic E-state index is 0.0831. The van der Waals surface area contributed by atoms with Crippen molar-refractivity contribution in [3.8, 4) is 5.75 Å². The van der Waals surface area contributed by atoms with Gasteiger partial charge in [-0.05, 0) is 43.5 Å². The van der Waals surface area contributed by atoms with Crippen molar-refractivity contribution < 1.29 is 14.3 Å². The van der Waals surface area contributed by atoms with Crippen LogP contribution in [-0.2, 0) is 11.2 Å². The van der Waals surface area contributed by atoms with Crippen LogP contribution in [0.5, 0.6) is 5.75 Å². The highest BCUT2D eigenvalue weighted by Gasteiger charge is 2.25. The van der Waals surface area contributed by atoms with Crippen LogP contribution < -0.4 is 15.4 Å². The van der Waals surface area contributed by atoms with Gasteiger partial charge in [-0.2, -0.15) is 0 Å². The van der Waals surface area contributed by atoms with Gasteiger partial charge in [-0.25, -0.2) is 0 Å². The summed E-state index contributed by atoms with van der Waals surface area (Å²) in [4.78, 5) is 25.0. The lowest BCUT2D eigenvalue weighted by Gasteiger charge is -2.21. The standard InChI is InChI=1S/C18H24N4O3S/c1-5-14-21-22-18(26-14)20-17(24)15(11(3)4)19-16(23)12-7-9-13(10-8-12)25-6-2/h7-11,15H,5-6H2,1-4H3,(H,19,23)(H,20,22,24)/t15-/m0/s1. The normalized spacial score (nSPS) is 11.9. The maximum absolute atomic E-state index is 12.6. The van der Waals surface area contributed by atoms with Gasteiger partial charge < -0.3 is 10.1 Å². The molecule has 0 unspecified atom stereocenters. The van der Waals surface area contributed by atoms with E-state index in [1.807, 2.05) is 27.7 Å². The summed E-state index contributed by atoms with van der Waals surface area (Å²) < 4.78 is 5.37. The fourth-order valence-electron chi connectivity index (χ4n) is 2.26. The Morgan fingerprint density at radius 3 is 2.38 bits per heavy atom. The Bertz CT molecular complexity index is 743. The molecular weight excluding hydrogens is 352 g/mol. The van der Waals surface area contributed by atoms with Crippen molar-refractivity contribution in [1.29, 1.82) is 0 Å². The van der Waals surface area contributed by atoms with Crippen LogP contribution in [0.1, 0.15) is 43.1 Å². The molecule has 0 aliphatic rings. The van der Waals surface area contributed by atoms with Crippen molar-refractivity contribution in [2.75, 3.05) is 11.9 Å². The number of carbonyl (C=O) groups is 2. The number of hydrogen-bond donors (Lipinski definition) is 2. The third-order valence-corrected chi connectivity index (χ3v) is 4.65. The van der Waals surface area contributed by atoms with Gasteiger partial charge in [0.1, 0.15) is 16.8 Å². The molecule has 2 N–H and O–H groups in total. The molecule has 8 heteroatoms. The van der Waals surface area contributed by atoms with Crippen molar-refractivity contribution in [2.45, 2.75) is 40.2 Å². The zero-order chi connectivity index (χ0) is 19.1. The van der Waals surface area contributed by atoms with E-state index in [4.69, 9.17) is 4.74 Å². The molecule has 2 amide bonds. The molecule has 0 aliphatic heterocycles. The summed E-state index contributed by atoms with van der Waals surface area (Å²) in [7, 11) is 0. The molecule has 7 nitrogen and oxygen atoms in total. The molecule has 0 fully saturated rings. The Kier molecular flexibility index (Phi) is 7.08. The first kappa shape index (κ1) is 19.8. The second-order valence-electron chi connectivity index (χ2n) is 6.00. The van der Waals surface area contributed by atoms with Crippen LogP contribution in [0.15, 0.2) is 24.3 Å². The lowest BCUT2D eigenvalue weighted by Crippen LogP contribution is -2.47. The molecule has 0 aliphatic carbocycles. The predicted molar refractivity (Wildman–Crippen MR) is 102 cm³/mol. The molecule has 2 aromatic rings. The minimum atomic E-state index is -0.678. The van der Waals surface area contributed by atoms with Crippen LogP contribution in [0.25, 0.3) is 0 Å². The number of carbonyl (C=O) groups excluding carboxylic acids is 2. The van der Waals surface area contributed by atoms with Crippen LogP contribution in [0.3, 0.4) is 0 Å². The number of nitrogens with zero attached hydrogens (tertiary/aromatic N) is 2. The molecule has 2 rings (SSSR count). The van der Waals surface area contributed by atoms with Crippen LogP contribution in [-0.4, -0.2) is 34.7 Å². The molecule has 0 bridgehead atoms. The highest BCUT2D eigenvalue weighted by Crippen LogP contribution is 2.17. The first-order valence-electron chi connectivity index (χ1n) is 8.61. The Labute approximate surface area is 157 Å². The summed E-state index contributed by atoms with van der Waals surface area (Å²) in [6.45, 7) is 8.18. The first-order valence-corrected chi connectivity index (χ1v) is 9.43. The van der Waals surface area contributed by atoms with E-state index in [1.54, 1.807) is 24.3 Å². The van der Waals surface area contributed by atoms with Gasteiger partial charge in [0.15, 0.2) is 0 Å². The van der Waals surface area contributed by atoms with Crippen molar-refractivity contribution in [1.82, 2.24) is 15.5 Å². The van der Waals surface area contributed by atoms with Crippen molar-refractivity contribution >= 4 is 28.3 Å². The van der Waals surface area contributed by atoms with Crippen LogP contribution in [0.4, 0.5) is 5.13 Å². The Hall–Kier alpha value is -2.48. The highest BCUT2D eigenvalue weighted by molar-refractivity contribution is 7.15. The van der Waals surface area contributed by atoms with E-state index in [1.165, 1.54) is 11.3 Å². The summed E-state index contributed by atoms with van der Waals surface area (Å²) in [5, 5.41) is 14.7. The molecule has 140 valence electrons. The lowest BCUT2D eigenvalue weighted by molar-refractivity contribution is -0.118. The number of amides is 2. The summed E-state index contributed by atoms with van der Waals surface area (Å²) in [6.07, 6.45) is 0.760. The first-order chi connectivity index (χ1) is 12.4. The summed E-state index contributed by atoms with van der Waals surface area (Å²) >= 11 is 1.33. The van der Waals surface area contributed by atoms with Gasteiger partial charge in [-0.15, -0.1) is 10.2 Å². The van der Waals surface area contributed by atoms with Crippen molar-refractivity contribution in [3.05, 3.63) is 34.8 Å². The van der Waals surface area contributed by atoms with Gasteiger partial charge in [0.2, 0.25) is 11.0 Å². The van der Waals surface area contributed by atoms with Crippen molar-refractivity contribution in [2.24, 2.45) is 5.92 Å². The van der Waals surface area contributed by atoms with Gasteiger partial charge in [0.05, 0.1) is 6.61 Å². The van der Waals surface area contributed by atoms with E-state index < -0.39 is 6.04 Å². The zero-order valence-electron chi connectivity index (χ0n) is 15.4. The lowest BCUT2D eigenvalue weighted by atomic mass is 10.0. The van der Waals surface area contributed by atoms with Gasteiger partial charge in [-0.3, -0.25) is 14.9 Å². The van der Waals surface area contributed by atoms with Gasteiger partial charge in [0, 0.05) is 5.56 Å². The number of aromatic nitrogens is 2. The maximum atomic E-state index is 12.6. The summed E-state index contributed by atoms with van der Waals surface area (Å²) in [6, 6.07) is 6.14. The van der Waals surface area contributed by atoms with Crippen molar-refractivity contribution in [3.63, 3.8) is 0 Å². The largest absolute Gasteiger partial charge is 0.494 e. The summed E-state index contributed by atoms with van der Waals surface area (Å²) in [5.41, 5.74) is 0.469. The van der Waals surface area contributed by atoms with Crippen LogP contribution in [0, 0.1) is 5.92 Å². The summed E-state index contributed by atoms with van der Waals surface area (Å²) in [5.74, 6) is -0.00286. The topological polar surface area (TPSA) is 93.2 Å². The Morgan fingerprint density at radius 1 is 1.15 bits per heavy atom. The minimum Gasteiger partial charge on any atom is -0.494 e. The maximum Gasteiger partial charge on any atom is 0.251 e. The van der Waals surface area contributed by atoms with E-state index in [-0.39, 0.29) is 17.7 Å². The van der Waals surface area contributed by atoms with E-state index in [2.05, 4.69) is 20.8 Å². The van der Waals surface area contributed by atoms with E-state index >= 15 is 0 Å². The third kappa shape index (κ3) is 5.26. The molecular formula is C18H24N4O3S.